The predicted molar refractivity (Wildman–Crippen MR) is 409 cm³/mol. The van der Waals surface area contributed by atoms with Crippen LogP contribution in [0.3, 0.4) is 0 Å². The molecule has 19 heteroatoms. The van der Waals surface area contributed by atoms with Gasteiger partial charge < -0.3 is 33.8 Å². The molecule has 0 aliphatic carbocycles. The van der Waals surface area contributed by atoms with Crippen LogP contribution in [0.25, 0.3) is 0 Å². The van der Waals surface area contributed by atoms with Crippen molar-refractivity contribution < 1.29 is 80.2 Å². The van der Waals surface area contributed by atoms with Gasteiger partial charge in [-0.05, 0) is 31.6 Å². The van der Waals surface area contributed by atoms with Gasteiger partial charge in [0.1, 0.15) is 19.3 Å². The van der Waals surface area contributed by atoms with Gasteiger partial charge in [0.2, 0.25) is 0 Å². The number of hydrogen-bond acceptors (Lipinski definition) is 15. The summed E-state index contributed by atoms with van der Waals surface area (Å²) in [6.07, 6.45) is 65.1. The van der Waals surface area contributed by atoms with Crippen molar-refractivity contribution in [2.45, 2.75) is 451 Å². The molecule has 17 nitrogen and oxygen atoms in total. The summed E-state index contributed by atoms with van der Waals surface area (Å²) in [6.45, 7) is 7.35. The highest BCUT2D eigenvalue weighted by Gasteiger charge is 2.30. The standard InChI is InChI=1S/C81H158O17P2/c1-6-10-13-16-19-22-25-27-29-31-32-33-34-36-38-40-46-51-56-61-66-80(85)97-77(71-92-79(84)65-60-55-50-45-39-37-35-30-28-26-23-20-17-14-11-7-2)73-96-100(89,90)94-69-75(82)68-93-99(87,88)95-72-76(70-91-78(83)64-59-54-49-44-24-21-18-15-12-8-3)98-81(86)67-62-57-52-47-42-41-43-48-53-58-63-74(5)9-4/h74-77,82H,6-73H2,1-5H3,(H,87,88)(H,89,90)/t74?,75-,76+,77+/m0/s1. The van der Waals surface area contributed by atoms with E-state index in [1.54, 1.807) is 0 Å². The van der Waals surface area contributed by atoms with E-state index in [0.717, 1.165) is 95.8 Å². The number of rotatable bonds is 81. The molecule has 0 saturated heterocycles. The van der Waals surface area contributed by atoms with Crippen molar-refractivity contribution in [3.05, 3.63) is 0 Å². The number of carbonyl (C=O) groups is 4. The van der Waals surface area contributed by atoms with Crippen LogP contribution in [0.4, 0.5) is 0 Å². The Labute approximate surface area is 613 Å². The Kier molecular flexibility index (Phi) is 72.5. The molecular formula is C81H158O17P2. The molecule has 0 aromatic carbocycles. The van der Waals surface area contributed by atoms with Crippen LogP contribution in [-0.2, 0) is 65.4 Å². The fourth-order valence-electron chi connectivity index (χ4n) is 12.6. The van der Waals surface area contributed by atoms with E-state index in [1.165, 1.54) is 257 Å². The van der Waals surface area contributed by atoms with Crippen molar-refractivity contribution in [3.63, 3.8) is 0 Å². The lowest BCUT2D eigenvalue weighted by molar-refractivity contribution is -0.161. The molecule has 0 spiro atoms. The molecule has 100 heavy (non-hydrogen) atoms. The number of phosphoric ester groups is 2. The zero-order valence-corrected chi connectivity index (χ0v) is 67.1. The highest BCUT2D eigenvalue weighted by atomic mass is 31.2. The molecule has 0 fully saturated rings. The molecule has 0 heterocycles. The maximum Gasteiger partial charge on any atom is 0.472 e. The molecule has 0 aromatic heterocycles. The Balaban J connectivity index is 5.23. The minimum absolute atomic E-state index is 0.107. The molecule has 0 amide bonds. The van der Waals surface area contributed by atoms with Crippen LogP contribution in [0.2, 0.25) is 0 Å². The Morgan fingerprint density at radius 1 is 0.280 bits per heavy atom. The van der Waals surface area contributed by atoms with Crippen LogP contribution >= 0.6 is 15.6 Å². The summed E-state index contributed by atoms with van der Waals surface area (Å²) in [5.74, 6) is -1.30. The number of carbonyl (C=O) groups excluding carboxylic acids is 4. The molecule has 594 valence electrons. The number of hydrogen-bond donors (Lipinski definition) is 3. The number of aliphatic hydroxyl groups excluding tert-OH is 1. The molecule has 3 N–H and O–H groups in total. The fourth-order valence-corrected chi connectivity index (χ4v) is 14.1. The maximum absolute atomic E-state index is 13.1. The summed E-state index contributed by atoms with van der Waals surface area (Å²) in [6, 6.07) is 0. The summed E-state index contributed by atoms with van der Waals surface area (Å²) in [5.41, 5.74) is 0. The molecule has 0 radical (unpaired) electrons. The molecule has 6 atom stereocenters. The third-order valence-electron chi connectivity index (χ3n) is 19.4. The second-order valence-electron chi connectivity index (χ2n) is 29.4. The van der Waals surface area contributed by atoms with E-state index < -0.39 is 97.5 Å². The topological polar surface area (TPSA) is 237 Å². The Morgan fingerprint density at radius 3 is 0.710 bits per heavy atom. The minimum Gasteiger partial charge on any atom is -0.462 e. The number of unbranched alkanes of at least 4 members (excludes halogenated alkanes) is 52. The predicted octanol–water partition coefficient (Wildman–Crippen LogP) is 24.4. The van der Waals surface area contributed by atoms with E-state index in [4.69, 9.17) is 37.0 Å². The summed E-state index contributed by atoms with van der Waals surface area (Å²) in [4.78, 5) is 73.0. The van der Waals surface area contributed by atoms with E-state index in [-0.39, 0.29) is 25.7 Å². The molecule has 0 saturated carbocycles. The Hall–Kier alpha value is -1.94. The van der Waals surface area contributed by atoms with Gasteiger partial charge in [-0.1, -0.05) is 381 Å². The second-order valence-corrected chi connectivity index (χ2v) is 32.3. The number of esters is 4. The molecule has 0 aliphatic rings. The van der Waals surface area contributed by atoms with Gasteiger partial charge in [0.05, 0.1) is 26.4 Å². The third-order valence-corrected chi connectivity index (χ3v) is 21.3. The number of ether oxygens (including phenoxy) is 4. The first kappa shape index (κ1) is 98.1. The molecule has 3 unspecified atom stereocenters. The van der Waals surface area contributed by atoms with Crippen molar-refractivity contribution in [1.29, 1.82) is 0 Å². The molecule has 0 aliphatic heterocycles. The quantitative estimate of drug-likeness (QED) is 0.0222. The van der Waals surface area contributed by atoms with Crippen LogP contribution in [-0.4, -0.2) is 96.7 Å². The van der Waals surface area contributed by atoms with E-state index in [9.17, 15) is 43.2 Å². The van der Waals surface area contributed by atoms with E-state index in [2.05, 4.69) is 34.6 Å². The van der Waals surface area contributed by atoms with Gasteiger partial charge in [-0.3, -0.25) is 37.3 Å². The first-order chi connectivity index (χ1) is 48.6. The number of aliphatic hydroxyl groups is 1. The van der Waals surface area contributed by atoms with Gasteiger partial charge in [0.25, 0.3) is 0 Å². The van der Waals surface area contributed by atoms with Gasteiger partial charge in [-0.15, -0.1) is 0 Å². The van der Waals surface area contributed by atoms with E-state index in [0.29, 0.717) is 25.7 Å². The van der Waals surface area contributed by atoms with Gasteiger partial charge >= 0.3 is 39.5 Å². The monoisotopic (exact) mass is 1470 g/mol. The van der Waals surface area contributed by atoms with Crippen molar-refractivity contribution in [3.8, 4) is 0 Å². The summed E-state index contributed by atoms with van der Waals surface area (Å²) >= 11 is 0. The number of phosphoric acid groups is 2. The van der Waals surface area contributed by atoms with Gasteiger partial charge in [0.15, 0.2) is 12.2 Å². The van der Waals surface area contributed by atoms with Crippen molar-refractivity contribution in [1.82, 2.24) is 0 Å². The normalized spacial score (nSPS) is 14.1. The van der Waals surface area contributed by atoms with Gasteiger partial charge in [-0.2, -0.15) is 0 Å². The molecule has 0 aromatic rings. The van der Waals surface area contributed by atoms with E-state index in [1.807, 2.05) is 0 Å². The maximum atomic E-state index is 13.1. The van der Waals surface area contributed by atoms with Crippen LogP contribution in [0.15, 0.2) is 0 Å². The second kappa shape index (κ2) is 73.9. The van der Waals surface area contributed by atoms with Crippen LogP contribution < -0.4 is 0 Å². The minimum atomic E-state index is -4.96. The summed E-state index contributed by atoms with van der Waals surface area (Å²) < 4.78 is 68.7. The van der Waals surface area contributed by atoms with E-state index >= 15 is 0 Å². The highest BCUT2D eigenvalue weighted by molar-refractivity contribution is 7.47. The Morgan fingerprint density at radius 2 is 0.480 bits per heavy atom. The van der Waals surface area contributed by atoms with Crippen molar-refractivity contribution in [2.24, 2.45) is 5.92 Å². The first-order valence-electron chi connectivity index (χ1n) is 42.2. The summed E-state index contributed by atoms with van der Waals surface area (Å²) in [7, 11) is -9.92. The molecule has 0 rings (SSSR count). The average molecular weight is 1470 g/mol. The van der Waals surface area contributed by atoms with Crippen molar-refractivity contribution >= 4 is 39.5 Å². The summed E-state index contributed by atoms with van der Waals surface area (Å²) in [5, 5.41) is 10.6. The Bertz CT molecular complexity index is 1910. The third kappa shape index (κ3) is 73.0. The van der Waals surface area contributed by atoms with Gasteiger partial charge in [-0.25, -0.2) is 9.13 Å². The van der Waals surface area contributed by atoms with Crippen LogP contribution in [0.5, 0.6) is 0 Å². The zero-order valence-electron chi connectivity index (χ0n) is 65.3. The fraction of sp³-hybridized carbons (Fsp3) is 0.951. The SMILES string of the molecule is CCCCCCCCCCCCCCCCCCCCCCC(=O)O[C@H](COC(=O)CCCCCCCCCCCCCCCCCC)COP(=O)(O)OC[C@@H](O)COP(=O)(O)OC[C@@H](COC(=O)CCCCCCCCCCCC)OC(=O)CCCCCCCCCCCCC(C)CC. The van der Waals surface area contributed by atoms with Gasteiger partial charge in [0, 0.05) is 25.7 Å². The van der Waals surface area contributed by atoms with Crippen molar-refractivity contribution in [2.75, 3.05) is 39.6 Å². The molecular weight excluding hydrogens is 1310 g/mol. The zero-order chi connectivity index (χ0) is 73.4. The highest BCUT2D eigenvalue weighted by Crippen LogP contribution is 2.45. The first-order valence-corrected chi connectivity index (χ1v) is 45.2. The average Bonchev–Trinajstić information content (AvgIpc) is 1.06. The smallest absolute Gasteiger partial charge is 0.462 e. The lowest BCUT2D eigenvalue weighted by Gasteiger charge is -2.21. The van der Waals surface area contributed by atoms with Crippen LogP contribution in [0, 0.1) is 5.92 Å². The van der Waals surface area contributed by atoms with Crippen LogP contribution in [0.1, 0.15) is 433 Å². The lowest BCUT2D eigenvalue weighted by Crippen LogP contribution is -2.30. The lowest BCUT2D eigenvalue weighted by atomic mass is 9.99. The largest absolute Gasteiger partial charge is 0.472 e. The molecule has 0 bridgehead atoms.